The molecular weight excluding hydrogens is 590 g/mol. The molecule has 11 nitrogen and oxygen atoms in total. The van der Waals surface area contributed by atoms with Gasteiger partial charge in [-0.25, -0.2) is 4.79 Å². The molecule has 0 saturated heterocycles. The maximum absolute atomic E-state index is 13.4. The number of aromatic nitrogens is 4. The summed E-state index contributed by atoms with van der Waals surface area (Å²) in [6, 6.07) is 14.0. The molecular formula is C29H36BrN7O4. The number of hydrogen-bond acceptors (Lipinski definition) is 7. The fraction of sp³-hybridized carbons (Fsp3) is 0.448. The van der Waals surface area contributed by atoms with Crippen molar-refractivity contribution >= 4 is 39.5 Å². The highest BCUT2D eigenvalue weighted by Crippen LogP contribution is 2.29. The molecule has 1 aliphatic rings. The zero-order valence-corrected chi connectivity index (χ0v) is 25.0. The van der Waals surface area contributed by atoms with E-state index in [0.717, 1.165) is 28.4 Å². The zero-order valence-electron chi connectivity index (χ0n) is 23.4. The van der Waals surface area contributed by atoms with Crippen molar-refractivity contribution in [3.05, 3.63) is 58.6 Å². The van der Waals surface area contributed by atoms with Crippen LogP contribution >= 0.6 is 15.9 Å². The number of hydrogen-bond donors (Lipinski definition) is 4. The van der Waals surface area contributed by atoms with Crippen molar-refractivity contribution in [2.24, 2.45) is 11.8 Å². The number of nitrogens with one attached hydrogen (secondary N) is 4. The van der Waals surface area contributed by atoms with Crippen LogP contribution in [-0.4, -0.2) is 56.7 Å². The smallest absolute Gasteiger partial charge is 0.407 e. The first-order chi connectivity index (χ1) is 19.6. The number of rotatable bonds is 9. The molecule has 1 aromatic heterocycles. The van der Waals surface area contributed by atoms with E-state index < -0.39 is 17.7 Å². The molecule has 3 aromatic rings. The number of aromatic amines is 1. The van der Waals surface area contributed by atoms with Gasteiger partial charge in [-0.2, -0.15) is 5.21 Å². The maximum atomic E-state index is 13.4. The number of nitrogens with zero attached hydrogens (tertiary/aromatic N) is 3. The monoisotopic (exact) mass is 625 g/mol. The van der Waals surface area contributed by atoms with Crippen LogP contribution in [0.15, 0.2) is 53.0 Å². The van der Waals surface area contributed by atoms with Crippen LogP contribution < -0.4 is 16.0 Å². The summed E-state index contributed by atoms with van der Waals surface area (Å²) >= 11 is 3.44. The summed E-state index contributed by atoms with van der Waals surface area (Å²) in [5.41, 5.74) is 1.74. The summed E-state index contributed by atoms with van der Waals surface area (Å²) in [5.74, 6) is 0.113. The van der Waals surface area contributed by atoms with E-state index in [2.05, 4.69) is 52.5 Å². The van der Waals surface area contributed by atoms with Gasteiger partial charge in [0.15, 0.2) is 0 Å². The predicted octanol–water partition coefficient (Wildman–Crippen LogP) is 4.63. The van der Waals surface area contributed by atoms with Gasteiger partial charge in [0, 0.05) is 34.6 Å². The van der Waals surface area contributed by atoms with E-state index >= 15 is 0 Å². The van der Waals surface area contributed by atoms with Crippen LogP contribution in [0.5, 0.6) is 0 Å². The van der Waals surface area contributed by atoms with E-state index in [0.29, 0.717) is 37.3 Å². The molecule has 0 aliphatic heterocycles. The number of ether oxygens (including phenoxy) is 1. The quantitative estimate of drug-likeness (QED) is 0.271. The molecule has 218 valence electrons. The number of benzene rings is 2. The number of amides is 3. The highest BCUT2D eigenvalue weighted by molar-refractivity contribution is 9.10. The highest BCUT2D eigenvalue weighted by atomic mass is 79.9. The Bertz CT molecular complexity index is 1300. The Hall–Kier alpha value is -3.80. The minimum atomic E-state index is -0.757. The average Bonchev–Trinajstić information content (AvgIpc) is 3.48. The fourth-order valence-corrected chi connectivity index (χ4v) is 5.01. The lowest BCUT2D eigenvalue weighted by Gasteiger charge is -2.29. The second-order valence-electron chi connectivity index (χ2n) is 11.3. The van der Waals surface area contributed by atoms with Crippen molar-refractivity contribution in [2.45, 2.75) is 64.5 Å². The molecule has 1 heterocycles. The van der Waals surface area contributed by atoms with Gasteiger partial charge in [0.1, 0.15) is 11.6 Å². The van der Waals surface area contributed by atoms with Crippen molar-refractivity contribution < 1.29 is 19.1 Å². The van der Waals surface area contributed by atoms with E-state index in [1.807, 2.05) is 45.0 Å². The number of tetrazole rings is 1. The van der Waals surface area contributed by atoms with Crippen LogP contribution in [-0.2, 0) is 20.7 Å². The number of carbonyl (C=O) groups is 3. The SMILES string of the molecule is CC(C)(C)OC(=O)NCC1CCC(C(=O)N[C@@H](Cc2ccc(Br)cc2)C(=O)Nc2ccc(-c3nn[nH]n3)cc2)CC1. The van der Waals surface area contributed by atoms with Crippen molar-refractivity contribution in [1.82, 2.24) is 31.3 Å². The third-order valence-electron chi connectivity index (χ3n) is 6.89. The number of halogens is 1. The summed E-state index contributed by atoms with van der Waals surface area (Å²) in [5, 5.41) is 22.7. The van der Waals surface area contributed by atoms with Crippen LogP contribution in [0, 0.1) is 11.8 Å². The maximum Gasteiger partial charge on any atom is 0.407 e. The fourth-order valence-electron chi connectivity index (χ4n) is 4.74. The van der Waals surface area contributed by atoms with Gasteiger partial charge in [-0.15, -0.1) is 10.2 Å². The Balaban J connectivity index is 1.34. The van der Waals surface area contributed by atoms with Crippen LogP contribution in [0.4, 0.5) is 10.5 Å². The summed E-state index contributed by atoms with van der Waals surface area (Å²) in [7, 11) is 0. The lowest BCUT2D eigenvalue weighted by molar-refractivity contribution is -0.130. The molecule has 0 spiro atoms. The normalized spacial score (nSPS) is 17.8. The summed E-state index contributed by atoms with van der Waals surface area (Å²) < 4.78 is 6.25. The van der Waals surface area contributed by atoms with Crippen molar-refractivity contribution in [3.63, 3.8) is 0 Å². The lowest BCUT2D eigenvalue weighted by Crippen LogP contribution is -2.48. The number of carbonyl (C=O) groups excluding carboxylic acids is 3. The molecule has 1 saturated carbocycles. The largest absolute Gasteiger partial charge is 0.444 e. The number of H-pyrrole nitrogens is 1. The molecule has 0 radical (unpaired) electrons. The van der Waals surface area contributed by atoms with Gasteiger partial charge in [0.2, 0.25) is 17.6 Å². The third kappa shape index (κ3) is 9.38. The third-order valence-corrected chi connectivity index (χ3v) is 7.42. The van der Waals surface area contributed by atoms with E-state index in [1.54, 1.807) is 24.3 Å². The molecule has 12 heteroatoms. The van der Waals surface area contributed by atoms with Crippen LogP contribution in [0.3, 0.4) is 0 Å². The minimum absolute atomic E-state index is 0.131. The van der Waals surface area contributed by atoms with Gasteiger partial charge in [-0.1, -0.05) is 28.1 Å². The van der Waals surface area contributed by atoms with Gasteiger partial charge >= 0.3 is 6.09 Å². The second kappa shape index (κ2) is 13.7. The Morgan fingerprint density at radius 1 is 1.02 bits per heavy atom. The molecule has 1 aliphatic carbocycles. The number of anilines is 1. The molecule has 2 aromatic carbocycles. The molecule has 1 atom stereocenters. The van der Waals surface area contributed by atoms with Crippen LogP contribution in [0.25, 0.3) is 11.4 Å². The van der Waals surface area contributed by atoms with E-state index in [-0.39, 0.29) is 23.7 Å². The lowest BCUT2D eigenvalue weighted by atomic mass is 9.81. The second-order valence-corrected chi connectivity index (χ2v) is 12.2. The predicted molar refractivity (Wildman–Crippen MR) is 158 cm³/mol. The molecule has 0 bridgehead atoms. The first kappa shape index (κ1) is 30.2. The first-order valence-electron chi connectivity index (χ1n) is 13.7. The standard InChI is InChI=1S/C29H36BrN7O4/c1-29(2,3)41-28(40)31-17-19-4-8-21(9-5-19)26(38)33-24(16-18-6-12-22(30)13-7-18)27(39)32-23-14-10-20(11-15-23)25-34-36-37-35-25/h6-7,10-15,19,21,24H,4-5,8-9,16-17H2,1-3H3,(H,31,40)(H,32,39)(H,33,38)(H,34,35,36,37)/t19?,21?,24-/m0/s1. The average molecular weight is 627 g/mol. The Kier molecular flexibility index (Phi) is 10.1. The van der Waals surface area contributed by atoms with E-state index in [1.165, 1.54) is 0 Å². The zero-order chi connectivity index (χ0) is 29.4. The minimum Gasteiger partial charge on any atom is -0.444 e. The summed E-state index contributed by atoms with van der Waals surface area (Å²) in [6.07, 6.45) is 2.92. The Morgan fingerprint density at radius 2 is 1.71 bits per heavy atom. The van der Waals surface area contributed by atoms with Crippen LogP contribution in [0.1, 0.15) is 52.0 Å². The molecule has 3 amide bonds. The van der Waals surface area contributed by atoms with E-state index in [9.17, 15) is 14.4 Å². The molecule has 4 rings (SSSR count). The Morgan fingerprint density at radius 3 is 2.32 bits per heavy atom. The van der Waals surface area contributed by atoms with Gasteiger partial charge in [-0.3, -0.25) is 9.59 Å². The molecule has 4 N–H and O–H groups in total. The number of alkyl carbamates (subject to hydrolysis) is 1. The van der Waals surface area contributed by atoms with Crippen molar-refractivity contribution in [2.75, 3.05) is 11.9 Å². The van der Waals surface area contributed by atoms with Crippen molar-refractivity contribution in [1.29, 1.82) is 0 Å². The molecule has 41 heavy (non-hydrogen) atoms. The van der Waals surface area contributed by atoms with Gasteiger partial charge in [-0.05, 0) is 99.5 Å². The molecule has 1 fully saturated rings. The van der Waals surface area contributed by atoms with Crippen molar-refractivity contribution in [3.8, 4) is 11.4 Å². The Labute approximate surface area is 247 Å². The topological polar surface area (TPSA) is 151 Å². The first-order valence-corrected chi connectivity index (χ1v) is 14.5. The molecule has 0 unspecified atom stereocenters. The highest BCUT2D eigenvalue weighted by Gasteiger charge is 2.30. The van der Waals surface area contributed by atoms with Gasteiger partial charge in [0.25, 0.3) is 0 Å². The van der Waals surface area contributed by atoms with Gasteiger partial charge < -0.3 is 20.7 Å². The summed E-state index contributed by atoms with van der Waals surface area (Å²) in [6.45, 7) is 6.00. The summed E-state index contributed by atoms with van der Waals surface area (Å²) in [4.78, 5) is 38.7. The van der Waals surface area contributed by atoms with E-state index in [4.69, 9.17) is 4.74 Å². The van der Waals surface area contributed by atoms with Gasteiger partial charge in [0.05, 0.1) is 0 Å². The van der Waals surface area contributed by atoms with Crippen LogP contribution in [0.2, 0.25) is 0 Å².